The zero-order valence-electron chi connectivity index (χ0n) is 16.3. The number of rotatable bonds is 8. The molecule has 1 aliphatic rings. The molecule has 5 heteroatoms. The number of hydrogen-bond acceptors (Lipinski definition) is 4. The van der Waals surface area contributed by atoms with Crippen molar-refractivity contribution in [3.63, 3.8) is 0 Å². The summed E-state index contributed by atoms with van der Waals surface area (Å²) in [7, 11) is 1.67. The molecule has 0 unspecified atom stereocenters. The van der Waals surface area contributed by atoms with Crippen LogP contribution in [0.25, 0.3) is 0 Å². The average molecular weight is 368 g/mol. The second-order valence-electron chi connectivity index (χ2n) is 6.68. The van der Waals surface area contributed by atoms with Gasteiger partial charge in [0.15, 0.2) is 6.10 Å². The summed E-state index contributed by atoms with van der Waals surface area (Å²) >= 11 is 0. The lowest BCUT2D eigenvalue weighted by Crippen LogP contribution is -2.43. The average Bonchev–Trinajstić information content (AvgIpc) is 3.15. The van der Waals surface area contributed by atoms with Gasteiger partial charge < -0.3 is 14.8 Å². The largest absolute Gasteiger partial charge is 0.497 e. The molecule has 0 aromatic heterocycles. The van der Waals surface area contributed by atoms with Crippen LogP contribution in [0.2, 0.25) is 0 Å². The Kier molecular flexibility index (Phi) is 6.35. The van der Waals surface area contributed by atoms with Crippen molar-refractivity contribution < 1.29 is 14.3 Å². The predicted molar refractivity (Wildman–Crippen MR) is 106 cm³/mol. The molecule has 0 saturated heterocycles. The van der Waals surface area contributed by atoms with Gasteiger partial charge in [0.1, 0.15) is 11.5 Å². The molecule has 0 fully saturated rings. The zero-order chi connectivity index (χ0) is 19.2. The number of likely N-dealkylation sites (N-methyl/N-ethyl adjacent to an activating group) is 1. The van der Waals surface area contributed by atoms with E-state index >= 15 is 0 Å². The van der Waals surface area contributed by atoms with Crippen molar-refractivity contribution in [3.05, 3.63) is 59.7 Å². The lowest BCUT2D eigenvalue weighted by molar-refractivity contribution is -0.127. The number of amides is 1. The Morgan fingerprint density at radius 1 is 1.22 bits per heavy atom. The fraction of sp³-hybridized carbons (Fsp3) is 0.409. The number of carbonyl (C=O) groups is 1. The summed E-state index contributed by atoms with van der Waals surface area (Å²) < 4.78 is 11.2. The highest BCUT2D eigenvalue weighted by molar-refractivity contribution is 5.82. The summed E-state index contributed by atoms with van der Waals surface area (Å²) in [4.78, 5) is 15.0. The molecule has 0 saturated carbocycles. The van der Waals surface area contributed by atoms with Crippen molar-refractivity contribution in [1.29, 1.82) is 0 Å². The van der Waals surface area contributed by atoms with Gasteiger partial charge in [-0.3, -0.25) is 9.69 Å². The molecular formula is C22H28N2O3. The predicted octanol–water partition coefficient (Wildman–Crippen LogP) is 3.20. The van der Waals surface area contributed by atoms with Crippen molar-refractivity contribution in [2.24, 2.45) is 0 Å². The molecule has 2 aromatic carbocycles. The molecule has 1 aliphatic heterocycles. The molecule has 0 bridgehead atoms. The van der Waals surface area contributed by atoms with E-state index in [4.69, 9.17) is 9.47 Å². The fourth-order valence-electron chi connectivity index (χ4n) is 3.61. The maximum atomic E-state index is 12.7. The molecule has 144 valence electrons. The van der Waals surface area contributed by atoms with E-state index < -0.39 is 6.10 Å². The monoisotopic (exact) mass is 368 g/mol. The Labute approximate surface area is 161 Å². The second kappa shape index (κ2) is 8.91. The lowest BCUT2D eigenvalue weighted by Gasteiger charge is -2.30. The summed E-state index contributed by atoms with van der Waals surface area (Å²) in [5.41, 5.74) is 2.22. The summed E-state index contributed by atoms with van der Waals surface area (Å²) in [6.07, 6.45) is 0.168. The van der Waals surface area contributed by atoms with E-state index in [9.17, 15) is 4.79 Å². The van der Waals surface area contributed by atoms with Crippen LogP contribution in [-0.4, -0.2) is 43.7 Å². The number of carbonyl (C=O) groups excluding carboxylic acids is 1. The Balaban J connectivity index is 1.68. The SMILES string of the molecule is CCN(CC)[C@H](CNC(=O)[C@H]1Cc2ccccc2O1)c1cccc(OC)c1. The molecule has 2 aromatic rings. The van der Waals surface area contributed by atoms with Gasteiger partial charge in [-0.2, -0.15) is 0 Å². The standard InChI is InChI=1S/C22H28N2O3/c1-4-24(5-2)19(16-10-8-11-18(13-16)26-3)15-23-22(25)21-14-17-9-6-7-12-20(17)27-21/h6-13,19,21H,4-5,14-15H2,1-3H3,(H,23,25)/t19-,21-/m1/s1. The fourth-order valence-corrected chi connectivity index (χ4v) is 3.61. The normalized spacial score (nSPS) is 16.5. The Morgan fingerprint density at radius 3 is 2.70 bits per heavy atom. The summed E-state index contributed by atoms with van der Waals surface area (Å²) in [5.74, 6) is 1.57. The zero-order valence-corrected chi connectivity index (χ0v) is 16.3. The van der Waals surface area contributed by atoms with Crippen molar-refractivity contribution in [3.8, 4) is 11.5 Å². The van der Waals surface area contributed by atoms with Gasteiger partial charge in [0, 0.05) is 13.0 Å². The lowest BCUT2D eigenvalue weighted by atomic mass is 10.0. The molecule has 1 N–H and O–H groups in total. The van der Waals surface area contributed by atoms with E-state index in [1.165, 1.54) is 0 Å². The molecule has 5 nitrogen and oxygen atoms in total. The molecule has 0 aliphatic carbocycles. The number of benzene rings is 2. The van der Waals surface area contributed by atoms with Gasteiger partial charge in [-0.25, -0.2) is 0 Å². The van der Waals surface area contributed by atoms with Crippen molar-refractivity contribution in [1.82, 2.24) is 10.2 Å². The van der Waals surface area contributed by atoms with E-state index in [0.717, 1.165) is 35.7 Å². The van der Waals surface area contributed by atoms with Crippen LogP contribution in [0.5, 0.6) is 11.5 Å². The molecule has 1 heterocycles. The molecule has 2 atom stereocenters. The summed E-state index contributed by atoms with van der Waals surface area (Å²) in [5, 5.41) is 3.10. The van der Waals surface area contributed by atoms with Crippen molar-refractivity contribution >= 4 is 5.91 Å². The molecule has 0 radical (unpaired) electrons. The van der Waals surface area contributed by atoms with Gasteiger partial charge in [-0.1, -0.05) is 44.2 Å². The van der Waals surface area contributed by atoms with Gasteiger partial charge in [0.25, 0.3) is 5.91 Å². The van der Waals surface area contributed by atoms with Crippen LogP contribution in [0.3, 0.4) is 0 Å². The van der Waals surface area contributed by atoms with Crippen molar-refractivity contribution in [2.45, 2.75) is 32.4 Å². The van der Waals surface area contributed by atoms with Gasteiger partial charge >= 0.3 is 0 Å². The van der Waals surface area contributed by atoms with E-state index in [1.54, 1.807) is 7.11 Å². The van der Waals surface area contributed by atoms with Crippen LogP contribution >= 0.6 is 0 Å². The number of methoxy groups -OCH3 is 1. The van der Waals surface area contributed by atoms with Crippen molar-refractivity contribution in [2.75, 3.05) is 26.7 Å². The summed E-state index contributed by atoms with van der Waals surface area (Å²) in [6, 6.07) is 16.0. The van der Waals surface area contributed by atoms with Gasteiger partial charge in [0.05, 0.1) is 13.2 Å². The molecule has 27 heavy (non-hydrogen) atoms. The Morgan fingerprint density at radius 2 is 2.00 bits per heavy atom. The molecule has 0 spiro atoms. The number of nitrogens with zero attached hydrogens (tertiary/aromatic N) is 1. The maximum Gasteiger partial charge on any atom is 0.261 e. The Bertz CT molecular complexity index is 749. The summed E-state index contributed by atoms with van der Waals surface area (Å²) in [6.45, 7) is 6.60. The maximum absolute atomic E-state index is 12.7. The van der Waals surface area contributed by atoms with Crippen LogP contribution in [-0.2, 0) is 11.2 Å². The number of nitrogens with one attached hydrogen (secondary N) is 1. The van der Waals surface area contributed by atoms with E-state index in [0.29, 0.717) is 13.0 Å². The number of ether oxygens (including phenoxy) is 2. The van der Waals surface area contributed by atoms with Crippen LogP contribution in [0, 0.1) is 0 Å². The van der Waals surface area contributed by atoms with Crippen LogP contribution in [0.4, 0.5) is 0 Å². The quantitative estimate of drug-likeness (QED) is 0.777. The number of hydrogen-bond donors (Lipinski definition) is 1. The number of fused-ring (bicyclic) bond motifs is 1. The molecular weight excluding hydrogens is 340 g/mol. The minimum absolute atomic E-state index is 0.0637. The topological polar surface area (TPSA) is 50.8 Å². The third-order valence-electron chi connectivity index (χ3n) is 5.14. The first-order chi connectivity index (χ1) is 13.2. The van der Waals surface area contributed by atoms with E-state index in [-0.39, 0.29) is 11.9 Å². The highest BCUT2D eigenvalue weighted by atomic mass is 16.5. The highest BCUT2D eigenvalue weighted by Crippen LogP contribution is 2.28. The van der Waals surface area contributed by atoms with Crippen LogP contribution in [0.1, 0.15) is 31.0 Å². The first-order valence-electron chi connectivity index (χ1n) is 9.56. The smallest absolute Gasteiger partial charge is 0.261 e. The van der Waals surface area contributed by atoms with Gasteiger partial charge in [-0.15, -0.1) is 0 Å². The molecule has 1 amide bonds. The van der Waals surface area contributed by atoms with Gasteiger partial charge in [0.2, 0.25) is 0 Å². The van der Waals surface area contributed by atoms with Gasteiger partial charge in [-0.05, 0) is 42.4 Å². The highest BCUT2D eigenvalue weighted by Gasteiger charge is 2.29. The first-order valence-corrected chi connectivity index (χ1v) is 9.56. The van der Waals surface area contributed by atoms with E-state index in [2.05, 4.69) is 30.1 Å². The minimum Gasteiger partial charge on any atom is -0.497 e. The first kappa shape index (κ1) is 19.2. The molecule has 3 rings (SSSR count). The second-order valence-corrected chi connectivity index (χ2v) is 6.68. The Hall–Kier alpha value is -2.53. The minimum atomic E-state index is -0.454. The van der Waals surface area contributed by atoms with E-state index in [1.807, 2.05) is 42.5 Å². The third-order valence-corrected chi connectivity index (χ3v) is 5.14. The third kappa shape index (κ3) is 4.42. The van der Waals surface area contributed by atoms with Crippen LogP contribution in [0.15, 0.2) is 48.5 Å². The number of para-hydroxylation sites is 1. The van der Waals surface area contributed by atoms with Crippen LogP contribution < -0.4 is 14.8 Å².